The van der Waals surface area contributed by atoms with Gasteiger partial charge in [-0.05, 0) is 30.5 Å². The molecule has 0 aliphatic carbocycles. The van der Waals surface area contributed by atoms with E-state index in [0.29, 0.717) is 24.1 Å². The quantitative estimate of drug-likeness (QED) is 0.768. The number of nitrogens with one attached hydrogen (secondary N) is 1. The number of hydrogen-bond donors (Lipinski definition) is 2. The molecule has 0 atom stereocenters. The molecular weight excluding hydrogens is 313 g/mol. The number of carbonyl (C=O) groups excluding carboxylic acids is 2. The number of Topliss-reactive ketones (excluding diaryl/α,β-unsaturated/α-hetero) is 1. The van der Waals surface area contributed by atoms with Gasteiger partial charge in [0.15, 0.2) is 11.6 Å². The van der Waals surface area contributed by atoms with Gasteiger partial charge in [-0.15, -0.1) is 0 Å². The summed E-state index contributed by atoms with van der Waals surface area (Å²) in [6.45, 7) is -0.0735. The Hall–Kier alpha value is -2.63. The minimum Gasteiger partial charge on any atom is -0.507 e. The second-order valence-electron chi connectivity index (χ2n) is 5.40. The van der Waals surface area contributed by atoms with Crippen LogP contribution >= 0.6 is 0 Å². The lowest BCUT2D eigenvalue weighted by Crippen LogP contribution is -2.09. The Morgan fingerprint density at radius 2 is 2.04 bits per heavy atom. The lowest BCUT2D eigenvalue weighted by Gasteiger charge is -2.11. The molecule has 6 heteroatoms. The smallest absolute Gasteiger partial charge is 0.342 e. The summed E-state index contributed by atoms with van der Waals surface area (Å²) in [5.41, 5.74) is 1.25. The Labute approximate surface area is 139 Å². The van der Waals surface area contributed by atoms with Crippen molar-refractivity contribution in [2.24, 2.45) is 0 Å². The van der Waals surface area contributed by atoms with Crippen LogP contribution in [0.5, 0.6) is 5.75 Å². The lowest BCUT2D eigenvalue weighted by atomic mass is 10.0. The number of ether oxygens (including phenoxy) is 1. The van der Waals surface area contributed by atoms with Crippen molar-refractivity contribution in [2.45, 2.75) is 25.7 Å². The van der Waals surface area contributed by atoms with Crippen LogP contribution in [0.25, 0.3) is 6.08 Å². The van der Waals surface area contributed by atoms with Gasteiger partial charge in [0.25, 0.3) is 0 Å². The van der Waals surface area contributed by atoms with E-state index in [9.17, 15) is 19.1 Å². The number of aromatic hydroxyl groups is 1. The highest BCUT2D eigenvalue weighted by Crippen LogP contribution is 2.28. The molecule has 0 bridgehead atoms. The number of halogens is 1. The van der Waals surface area contributed by atoms with Crippen LogP contribution in [0.15, 0.2) is 30.1 Å². The average Bonchev–Trinajstić information content (AvgIpc) is 2.56. The van der Waals surface area contributed by atoms with Gasteiger partial charge in [-0.25, -0.2) is 9.18 Å². The summed E-state index contributed by atoms with van der Waals surface area (Å²) in [5.74, 6) is -2.21. The van der Waals surface area contributed by atoms with E-state index in [1.165, 1.54) is 6.07 Å². The minimum atomic E-state index is -0.797. The molecule has 1 aliphatic heterocycles. The molecular formula is C18H20FNO4. The van der Waals surface area contributed by atoms with Crippen LogP contribution in [0.4, 0.5) is 10.1 Å². The van der Waals surface area contributed by atoms with E-state index < -0.39 is 17.6 Å². The molecule has 1 aromatic rings. The Morgan fingerprint density at radius 3 is 2.79 bits per heavy atom. The third kappa shape index (κ3) is 4.44. The van der Waals surface area contributed by atoms with Gasteiger partial charge < -0.3 is 15.2 Å². The van der Waals surface area contributed by atoms with Crippen LogP contribution in [0.1, 0.15) is 41.6 Å². The van der Waals surface area contributed by atoms with Gasteiger partial charge in [-0.3, -0.25) is 4.79 Å². The summed E-state index contributed by atoms with van der Waals surface area (Å²) in [5, 5.41) is 13.0. The summed E-state index contributed by atoms with van der Waals surface area (Å²) in [6.07, 6.45) is 5.89. The maximum atomic E-state index is 13.5. The fourth-order valence-electron chi connectivity index (χ4n) is 2.38. The maximum Gasteiger partial charge on any atom is 0.342 e. The third-order valence-corrected chi connectivity index (χ3v) is 3.65. The number of cyclic esters (lactones) is 1. The highest BCUT2D eigenvalue weighted by atomic mass is 19.1. The number of esters is 1. The van der Waals surface area contributed by atoms with Gasteiger partial charge in [0.1, 0.15) is 11.3 Å². The van der Waals surface area contributed by atoms with Gasteiger partial charge in [-0.2, -0.15) is 0 Å². The molecule has 0 saturated heterocycles. The van der Waals surface area contributed by atoms with Crippen molar-refractivity contribution >= 4 is 23.5 Å². The Balaban J connectivity index is 2.34. The molecule has 0 aromatic heterocycles. The largest absolute Gasteiger partial charge is 0.507 e. The van der Waals surface area contributed by atoms with E-state index in [1.54, 1.807) is 25.3 Å². The van der Waals surface area contributed by atoms with Crippen molar-refractivity contribution in [3.8, 4) is 5.75 Å². The molecule has 0 amide bonds. The molecule has 5 nitrogen and oxygen atoms in total. The predicted octanol–water partition coefficient (Wildman–Crippen LogP) is 3.60. The highest BCUT2D eigenvalue weighted by molar-refractivity contribution is 5.97. The fourth-order valence-corrected chi connectivity index (χ4v) is 2.38. The number of ketones is 1. The van der Waals surface area contributed by atoms with Crippen LogP contribution in [-0.4, -0.2) is 30.5 Å². The van der Waals surface area contributed by atoms with Gasteiger partial charge in [0.2, 0.25) is 0 Å². The first-order chi connectivity index (χ1) is 11.5. The molecule has 2 N–H and O–H groups in total. The third-order valence-electron chi connectivity index (χ3n) is 3.65. The second-order valence-corrected chi connectivity index (χ2v) is 5.40. The van der Waals surface area contributed by atoms with Crippen molar-refractivity contribution in [3.63, 3.8) is 0 Å². The van der Waals surface area contributed by atoms with Crippen LogP contribution in [-0.2, 0) is 9.53 Å². The zero-order valence-corrected chi connectivity index (χ0v) is 13.5. The van der Waals surface area contributed by atoms with Crippen molar-refractivity contribution in [2.75, 3.05) is 19.0 Å². The number of hydrogen-bond acceptors (Lipinski definition) is 5. The molecule has 0 spiro atoms. The summed E-state index contributed by atoms with van der Waals surface area (Å²) in [7, 11) is 1.71. The molecule has 0 fully saturated rings. The molecule has 0 saturated carbocycles. The summed E-state index contributed by atoms with van der Waals surface area (Å²) >= 11 is 0. The van der Waals surface area contributed by atoms with Crippen LogP contribution in [0.2, 0.25) is 0 Å². The van der Waals surface area contributed by atoms with Crippen LogP contribution < -0.4 is 5.32 Å². The molecule has 1 aliphatic rings. The predicted molar refractivity (Wildman–Crippen MR) is 89.6 cm³/mol. The number of anilines is 1. The average molecular weight is 333 g/mol. The minimum absolute atomic E-state index is 0.0721. The standard InChI is InChI=1S/C18H20FNO4/c1-20-13-10-12-6-3-2-4-8-15(21)14(19)7-5-9-24-18(23)17(12)16(22)11-13/h3,6-7,10-11,20,22H,2,4-5,8-9H2,1H3/b6-3+,14-7+. The number of phenols is 1. The van der Waals surface area contributed by atoms with Gasteiger partial charge >= 0.3 is 5.97 Å². The first-order valence-electron chi connectivity index (χ1n) is 7.80. The van der Waals surface area contributed by atoms with Gasteiger partial charge in [0.05, 0.1) is 6.61 Å². The normalized spacial score (nSPS) is 20.2. The molecule has 24 heavy (non-hydrogen) atoms. The van der Waals surface area contributed by atoms with Crippen molar-refractivity contribution in [1.29, 1.82) is 0 Å². The van der Waals surface area contributed by atoms with E-state index in [-0.39, 0.29) is 30.8 Å². The van der Waals surface area contributed by atoms with E-state index in [2.05, 4.69) is 5.32 Å². The monoisotopic (exact) mass is 333 g/mol. The SMILES string of the molecule is CNc1cc(O)c2c(c1)/C=C/CCCC(=O)/C(F)=C\CCOC2=O. The number of allylic oxidation sites excluding steroid dienone is 2. The Morgan fingerprint density at radius 1 is 1.25 bits per heavy atom. The highest BCUT2D eigenvalue weighted by Gasteiger charge is 2.18. The Bertz CT molecular complexity index is 695. The number of benzene rings is 1. The molecule has 0 radical (unpaired) electrons. The van der Waals surface area contributed by atoms with Crippen molar-refractivity contribution < 1.29 is 23.8 Å². The zero-order valence-electron chi connectivity index (χ0n) is 13.5. The molecule has 1 heterocycles. The van der Waals surface area contributed by atoms with Crippen molar-refractivity contribution in [1.82, 2.24) is 0 Å². The van der Waals surface area contributed by atoms with E-state index >= 15 is 0 Å². The van der Waals surface area contributed by atoms with Crippen LogP contribution in [0.3, 0.4) is 0 Å². The summed E-state index contributed by atoms with van der Waals surface area (Å²) < 4.78 is 18.6. The van der Waals surface area contributed by atoms with E-state index in [4.69, 9.17) is 4.74 Å². The summed E-state index contributed by atoms with van der Waals surface area (Å²) in [6, 6.07) is 3.17. The number of phenolic OH excluding ortho intramolecular Hbond substituents is 1. The number of fused-ring (bicyclic) bond motifs is 1. The van der Waals surface area contributed by atoms with Gasteiger partial charge in [0, 0.05) is 31.6 Å². The lowest BCUT2D eigenvalue weighted by molar-refractivity contribution is -0.117. The maximum absolute atomic E-state index is 13.5. The summed E-state index contributed by atoms with van der Waals surface area (Å²) in [4.78, 5) is 23.8. The van der Waals surface area contributed by atoms with Crippen molar-refractivity contribution in [3.05, 3.63) is 41.2 Å². The topological polar surface area (TPSA) is 75.6 Å². The first-order valence-corrected chi connectivity index (χ1v) is 7.80. The molecule has 128 valence electrons. The van der Waals surface area contributed by atoms with Gasteiger partial charge in [-0.1, -0.05) is 12.2 Å². The molecule has 0 unspecified atom stereocenters. The zero-order chi connectivity index (χ0) is 17.5. The fraction of sp³-hybridized carbons (Fsp3) is 0.333. The number of carbonyl (C=O) groups is 2. The number of rotatable bonds is 1. The molecule has 1 aromatic carbocycles. The van der Waals surface area contributed by atoms with Crippen LogP contribution in [0, 0.1) is 0 Å². The Kier molecular flexibility index (Phi) is 6.12. The van der Waals surface area contributed by atoms with E-state index in [1.807, 2.05) is 0 Å². The molecule has 2 rings (SSSR count). The first kappa shape index (κ1) is 17.7. The van der Waals surface area contributed by atoms with E-state index in [0.717, 1.165) is 6.08 Å². The second kappa shape index (κ2) is 8.29.